The summed E-state index contributed by atoms with van der Waals surface area (Å²) in [5.74, 6) is 0.358. The molecule has 2 fully saturated rings. The van der Waals surface area contributed by atoms with Gasteiger partial charge in [-0.3, -0.25) is 4.79 Å². The number of carbonyl (C=O) groups excluding carboxylic acids is 2. The van der Waals surface area contributed by atoms with Crippen molar-refractivity contribution in [1.82, 2.24) is 5.32 Å². The van der Waals surface area contributed by atoms with Crippen molar-refractivity contribution in [3.63, 3.8) is 0 Å². The van der Waals surface area contributed by atoms with Crippen LogP contribution < -0.4 is 15.4 Å². The Labute approximate surface area is 176 Å². The van der Waals surface area contributed by atoms with Crippen LogP contribution in [0, 0.1) is 0 Å². The second-order valence-electron chi connectivity index (χ2n) is 8.37. The standard InChI is InChI=1S/C22H30N2O6/c1-28-20(26)11-15-10-17-16-9-14(24-22(27)23-13-5-3-2-4-6-13)7-8-18(16)30-21(17)19(12-25)29-15/h7-9,13,15,17,19,21,25H,2-6,10-12H2,1H3,(H2,23,24,27)/t15-,17-,19-,21+/m1/s1. The molecule has 1 saturated heterocycles. The van der Waals surface area contributed by atoms with Crippen LogP contribution in [0.15, 0.2) is 18.2 Å². The average Bonchev–Trinajstić information content (AvgIpc) is 3.11. The van der Waals surface area contributed by atoms with Crippen LogP contribution in [0.5, 0.6) is 5.75 Å². The van der Waals surface area contributed by atoms with E-state index in [0.717, 1.165) is 37.0 Å². The van der Waals surface area contributed by atoms with Crippen LogP contribution in [0.4, 0.5) is 10.5 Å². The van der Waals surface area contributed by atoms with Gasteiger partial charge in [0.1, 0.15) is 18.0 Å². The number of amides is 2. The van der Waals surface area contributed by atoms with Crippen LogP contribution in [0.2, 0.25) is 0 Å². The summed E-state index contributed by atoms with van der Waals surface area (Å²) in [5, 5.41) is 15.8. The lowest BCUT2D eigenvalue weighted by Gasteiger charge is -2.36. The molecule has 2 heterocycles. The summed E-state index contributed by atoms with van der Waals surface area (Å²) in [4.78, 5) is 24.1. The van der Waals surface area contributed by atoms with E-state index in [1.165, 1.54) is 13.5 Å². The molecule has 8 nitrogen and oxygen atoms in total. The molecular weight excluding hydrogens is 388 g/mol. The summed E-state index contributed by atoms with van der Waals surface area (Å²) >= 11 is 0. The van der Waals surface area contributed by atoms with Gasteiger partial charge in [0, 0.05) is 23.2 Å². The van der Waals surface area contributed by atoms with Crippen molar-refractivity contribution in [2.45, 2.75) is 75.2 Å². The molecule has 1 aliphatic carbocycles. The average molecular weight is 418 g/mol. The lowest BCUT2D eigenvalue weighted by Crippen LogP contribution is -2.46. The smallest absolute Gasteiger partial charge is 0.319 e. The molecule has 3 aliphatic rings. The normalized spacial score (nSPS) is 28.1. The fourth-order valence-corrected chi connectivity index (χ4v) is 4.84. The molecule has 8 heteroatoms. The van der Waals surface area contributed by atoms with E-state index in [9.17, 15) is 14.7 Å². The Hall–Kier alpha value is -2.32. The van der Waals surface area contributed by atoms with Crippen molar-refractivity contribution < 1.29 is 28.9 Å². The van der Waals surface area contributed by atoms with Crippen LogP contribution in [0.1, 0.15) is 56.4 Å². The molecule has 0 aromatic heterocycles. The van der Waals surface area contributed by atoms with E-state index in [-0.39, 0.29) is 49.2 Å². The molecule has 0 unspecified atom stereocenters. The van der Waals surface area contributed by atoms with Gasteiger partial charge in [0.2, 0.25) is 0 Å². The SMILES string of the molecule is COC(=O)C[C@H]1C[C@@H]2c3cc(NC(=O)NC4CCCCC4)ccc3O[C@@H]2[C@@H](CO)O1. The molecule has 1 saturated carbocycles. The minimum atomic E-state index is -0.517. The molecule has 164 valence electrons. The van der Waals surface area contributed by atoms with E-state index in [1.807, 2.05) is 18.2 Å². The third kappa shape index (κ3) is 4.54. The molecule has 3 N–H and O–H groups in total. The number of rotatable bonds is 5. The fourth-order valence-electron chi connectivity index (χ4n) is 4.84. The van der Waals surface area contributed by atoms with Gasteiger partial charge in [0.25, 0.3) is 0 Å². The molecule has 2 aliphatic heterocycles. The molecule has 0 radical (unpaired) electrons. The first-order chi connectivity index (χ1) is 14.6. The number of aliphatic hydroxyl groups excluding tert-OH is 1. The number of hydrogen-bond acceptors (Lipinski definition) is 6. The zero-order valence-electron chi connectivity index (χ0n) is 17.3. The molecule has 4 rings (SSSR count). The highest BCUT2D eigenvalue weighted by molar-refractivity contribution is 5.89. The van der Waals surface area contributed by atoms with Gasteiger partial charge in [0.15, 0.2) is 0 Å². The second kappa shape index (κ2) is 9.22. The van der Waals surface area contributed by atoms with Crippen LogP contribution in [-0.4, -0.2) is 55.2 Å². The highest BCUT2D eigenvalue weighted by Gasteiger charge is 2.46. The number of urea groups is 1. The van der Waals surface area contributed by atoms with Crippen LogP contribution in [0.25, 0.3) is 0 Å². The van der Waals surface area contributed by atoms with E-state index in [4.69, 9.17) is 14.2 Å². The minimum absolute atomic E-state index is 0.0243. The van der Waals surface area contributed by atoms with Gasteiger partial charge in [-0.1, -0.05) is 19.3 Å². The van der Waals surface area contributed by atoms with Gasteiger partial charge in [-0.25, -0.2) is 4.79 Å². The number of carbonyl (C=O) groups is 2. The highest BCUT2D eigenvalue weighted by Crippen LogP contribution is 2.47. The summed E-state index contributed by atoms with van der Waals surface area (Å²) in [6, 6.07) is 5.63. The van der Waals surface area contributed by atoms with E-state index in [2.05, 4.69) is 10.6 Å². The number of aliphatic hydroxyl groups is 1. The van der Waals surface area contributed by atoms with E-state index in [0.29, 0.717) is 12.1 Å². The zero-order chi connectivity index (χ0) is 21.1. The summed E-state index contributed by atoms with van der Waals surface area (Å²) in [6.45, 7) is -0.193. The Morgan fingerprint density at radius 3 is 2.77 bits per heavy atom. The lowest BCUT2D eigenvalue weighted by molar-refractivity contribution is -0.156. The number of nitrogens with one attached hydrogen (secondary N) is 2. The maximum Gasteiger partial charge on any atom is 0.319 e. The highest BCUT2D eigenvalue weighted by atomic mass is 16.6. The Bertz CT molecular complexity index is 779. The van der Waals surface area contributed by atoms with Gasteiger partial charge in [0.05, 0.1) is 26.2 Å². The molecule has 1 aromatic carbocycles. The van der Waals surface area contributed by atoms with Crippen molar-refractivity contribution in [2.75, 3.05) is 19.0 Å². The van der Waals surface area contributed by atoms with Crippen molar-refractivity contribution in [1.29, 1.82) is 0 Å². The van der Waals surface area contributed by atoms with Crippen molar-refractivity contribution in [3.05, 3.63) is 23.8 Å². The Morgan fingerprint density at radius 1 is 1.23 bits per heavy atom. The van der Waals surface area contributed by atoms with E-state index in [1.54, 1.807) is 0 Å². The Kier molecular flexibility index (Phi) is 6.43. The van der Waals surface area contributed by atoms with Crippen LogP contribution >= 0.6 is 0 Å². The molecule has 0 bridgehead atoms. The van der Waals surface area contributed by atoms with Crippen molar-refractivity contribution in [2.24, 2.45) is 0 Å². The Balaban J connectivity index is 1.45. The number of benzene rings is 1. The van der Waals surface area contributed by atoms with Gasteiger partial charge in [-0.15, -0.1) is 0 Å². The first-order valence-corrected chi connectivity index (χ1v) is 10.8. The maximum absolute atomic E-state index is 12.4. The largest absolute Gasteiger partial charge is 0.487 e. The number of esters is 1. The number of fused-ring (bicyclic) bond motifs is 3. The lowest BCUT2D eigenvalue weighted by atomic mass is 9.84. The van der Waals surface area contributed by atoms with Gasteiger partial charge in [-0.05, 0) is 37.5 Å². The van der Waals surface area contributed by atoms with Gasteiger partial charge in [-0.2, -0.15) is 0 Å². The summed E-state index contributed by atoms with van der Waals surface area (Å²) in [5.41, 5.74) is 1.66. The van der Waals surface area contributed by atoms with E-state index >= 15 is 0 Å². The second-order valence-corrected chi connectivity index (χ2v) is 8.37. The number of ether oxygens (including phenoxy) is 3. The maximum atomic E-state index is 12.4. The quantitative estimate of drug-likeness (QED) is 0.635. The predicted molar refractivity (Wildman–Crippen MR) is 110 cm³/mol. The van der Waals surface area contributed by atoms with E-state index < -0.39 is 6.10 Å². The van der Waals surface area contributed by atoms with Gasteiger partial charge < -0.3 is 30.0 Å². The van der Waals surface area contributed by atoms with Crippen molar-refractivity contribution in [3.8, 4) is 5.75 Å². The first kappa shape index (κ1) is 20.9. The van der Waals surface area contributed by atoms with Crippen LogP contribution in [0.3, 0.4) is 0 Å². The number of methoxy groups -OCH3 is 1. The monoisotopic (exact) mass is 418 g/mol. The van der Waals surface area contributed by atoms with Crippen molar-refractivity contribution >= 4 is 17.7 Å². The molecule has 0 spiro atoms. The third-order valence-corrected chi connectivity index (χ3v) is 6.32. The summed E-state index contributed by atoms with van der Waals surface area (Å²) in [7, 11) is 1.35. The topological polar surface area (TPSA) is 106 Å². The number of hydrogen-bond donors (Lipinski definition) is 3. The number of anilines is 1. The molecule has 30 heavy (non-hydrogen) atoms. The predicted octanol–water partition coefficient (Wildman–Crippen LogP) is 2.70. The third-order valence-electron chi connectivity index (χ3n) is 6.32. The van der Waals surface area contributed by atoms with Crippen LogP contribution in [-0.2, 0) is 14.3 Å². The molecular formula is C22H30N2O6. The first-order valence-electron chi connectivity index (χ1n) is 10.8. The Morgan fingerprint density at radius 2 is 2.03 bits per heavy atom. The zero-order valence-corrected chi connectivity index (χ0v) is 17.3. The minimum Gasteiger partial charge on any atom is -0.487 e. The summed E-state index contributed by atoms with van der Waals surface area (Å²) < 4.78 is 16.7. The molecule has 1 aromatic rings. The van der Waals surface area contributed by atoms with Gasteiger partial charge >= 0.3 is 12.0 Å². The summed E-state index contributed by atoms with van der Waals surface area (Å²) in [6.07, 6.45) is 5.14. The molecule has 2 amide bonds. The fraction of sp³-hybridized carbons (Fsp3) is 0.636. The molecule has 4 atom stereocenters.